The number of aromatic nitrogens is 2. The molecule has 0 saturated carbocycles. The molecule has 78 valence electrons. The van der Waals surface area contributed by atoms with Gasteiger partial charge in [-0.05, 0) is 24.1 Å². The maximum Gasteiger partial charge on any atom is 0.184 e. The number of thiazole rings is 1. The zero-order valence-electron chi connectivity index (χ0n) is 8.20. The zero-order valence-corrected chi connectivity index (χ0v) is 9.77. The van der Waals surface area contributed by atoms with Gasteiger partial charge in [0.15, 0.2) is 5.13 Å². The van der Waals surface area contributed by atoms with Gasteiger partial charge in [0.1, 0.15) is 5.15 Å². The Morgan fingerprint density at radius 1 is 1.53 bits per heavy atom. The fraction of sp³-hybridized carbons (Fsp3) is 0.200. The summed E-state index contributed by atoms with van der Waals surface area (Å²) in [5.74, 6) is 0. The molecule has 1 N–H and O–H groups in total. The van der Waals surface area contributed by atoms with Crippen LogP contribution in [-0.2, 0) is 6.54 Å². The van der Waals surface area contributed by atoms with E-state index in [0.29, 0.717) is 5.15 Å². The molecular formula is C10H10ClN3S. The molecule has 2 aromatic heterocycles. The number of anilines is 1. The monoisotopic (exact) mass is 239 g/mol. The summed E-state index contributed by atoms with van der Waals surface area (Å²) >= 11 is 7.23. The number of hydrogen-bond acceptors (Lipinski definition) is 4. The van der Waals surface area contributed by atoms with E-state index < -0.39 is 0 Å². The van der Waals surface area contributed by atoms with E-state index in [1.807, 2.05) is 24.6 Å². The van der Waals surface area contributed by atoms with Gasteiger partial charge in [-0.25, -0.2) is 4.98 Å². The molecule has 0 aliphatic heterocycles. The fourth-order valence-corrected chi connectivity index (χ4v) is 2.04. The number of pyridine rings is 1. The minimum Gasteiger partial charge on any atom is -0.357 e. The van der Waals surface area contributed by atoms with Crippen LogP contribution in [0.2, 0.25) is 5.15 Å². The predicted octanol–water partition coefficient (Wildman–Crippen LogP) is 3.11. The standard InChI is InChI=1S/C10H10ClN3S/c1-7-4-12-3-2-8(7)5-13-10-14-9(11)6-15-10/h2-4,6H,5H2,1H3,(H,13,14). The molecule has 0 saturated heterocycles. The summed E-state index contributed by atoms with van der Waals surface area (Å²) < 4.78 is 0. The summed E-state index contributed by atoms with van der Waals surface area (Å²) in [6.07, 6.45) is 3.64. The lowest BCUT2D eigenvalue weighted by Gasteiger charge is -2.05. The first-order valence-electron chi connectivity index (χ1n) is 4.50. The van der Waals surface area contributed by atoms with Crippen molar-refractivity contribution in [3.05, 3.63) is 40.1 Å². The van der Waals surface area contributed by atoms with E-state index in [9.17, 15) is 0 Å². The summed E-state index contributed by atoms with van der Waals surface area (Å²) in [5.41, 5.74) is 2.39. The molecule has 15 heavy (non-hydrogen) atoms. The number of aryl methyl sites for hydroxylation is 1. The molecule has 0 fully saturated rings. The number of halogens is 1. The molecule has 2 rings (SSSR count). The Morgan fingerprint density at radius 3 is 3.07 bits per heavy atom. The Kier molecular flexibility index (Phi) is 3.18. The average Bonchev–Trinajstić information content (AvgIpc) is 2.63. The molecule has 0 atom stereocenters. The second-order valence-corrected chi connectivity index (χ2v) is 4.38. The minimum absolute atomic E-state index is 0.536. The molecule has 0 unspecified atom stereocenters. The van der Waals surface area contributed by atoms with Gasteiger partial charge in [-0.3, -0.25) is 4.98 Å². The lowest BCUT2D eigenvalue weighted by molar-refractivity contribution is 1.08. The van der Waals surface area contributed by atoms with Gasteiger partial charge in [0, 0.05) is 24.3 Å². The van der Waals surface area contributed by atoms with Crippen molar-refractivity contribution in [1.82, 2.24) is 9.97 Å². The third-order valence-electron chi connectivity index (χ3n) is 2.04. The number of rotatable bonds is 3. The minimum atomic E-state index is 0.536. The first-order valence-corrected chi connectivity index (χ1v) is 5.76. The lowest BCUT2D eigenvalue weighted by Crippen LogP contribution is -2.00. The fourth-order valence-electron chi connectivity index (χ4n) is 1.21. The van der Waals surface area contributed by atoms with Crippen LogP contribution < -0.4 is 5.32 Å². The molecule has 0 aliphatic rings. The van der Waals surface area contributed by atoms with Crippen LogP contribution in [0, 0.1) is 6.92 Å². The van der Waals surface area contributed by atoms with Crippen molar-refractivity contribution in [3.63, 3.8) is 0 Å². The molecule has 2 heterocycles. The lowest BCUT2D eigenvalue weighted by atomic mass is 10.2. The van der Waals surface area contributed by atoms with E-state index in [1.54, 1.807) is 6.20 Å². The van der Waals surface area contributed by atoms with E-state index in [4.69, 9.17) is 11.6 Å². The van der Waals surface area contributed by atoms with E-state index in [2.05, 4.69) is 15.3 Å². The van der Waals surface area contributed by atoms with Gasteiger partial charge in [0.25, 0.3) is 0 Å². The molecule has 0 amide bonds. The van der Waals surface area contributed by atoms with Gasteiger partial charge in [0.05, 0.1) is 0 Å². The normalized spacial score (nSPS) is 10.3. The first kappa shape index (κ1) is 10.4. The summed E-state index contributed by atoms with van der Waals surface area (Å²) in [6, 6.07) is 2.00. The highest BCUT2D eigenvalue weighted by molar-refractivity contribution is 7.14. The Balaban J connectivity index is 2.02. The number of nitrogens with one attached hydrogen (secondary N) is 1. The van der Waals surface area contributed by atoms with Gasteiger partial charge < -0.3 is 5.32 Å². The van der Waals surface area contributed by atoms with Crippen LogP contribution in [0.3, 0.4) is 0 Å². The largest absolute Gasteiger partial charge is 0.357 e. The molecule has 5 heteroatoms. The van der Waals surface area contributed by atoms with Crippen LogP contribution in [-0.4, -0.2) is 9.97 Å². The summed E-state index contributed by atoms with van der Waals surface area (Å²) in [6.45, 7) is 2.79. The quantitative estimate of drug-likeness (QED) is 0.895. The van der Waals surface area contributed by atoms with Gasteiger partial charge in [-0.15, -0.1) is 11.3 Å². The van der Waals surface area contributed by atoms with E-state index in [1.165, 1.54) is 22.5 Å². The van der Waals surface area contributed by atoms with Crippen LogP contribution in [0.4, 0.5) is 5.13 Å². The van der Waals surface area contributed by atoms with Crippen molar-refractivity contribution in [2.45, 2.75) is 13.5 Å². The maximum atomic E-state index is 5.72. The summed E-state index contributed by atoms with van der Waals surface area (Å²) in [4.78, 5) is 8.15. The van der Waals surface area contributed by atoms with Crippen molar-refractivity contribution in [2.24, 2.45) is 0 Å². The second-order valence-electron chi connectivity index (χ2n) is 3.13. The van der Waals surface area contributed by atoms with E-state index in [-0.39, 0.29) is 0 Å². The molecule has 0 spiro atoms. The average molecular weight is 240 g/mol. The van der Waals surface area contributed by atoms with Crippen LogP contribution in [0.1, 0.15) is 11.1 Å². The van der Waals surface area contributed by atoms with Crippen LogP contribution in [0.5, 0.6) is 0 Å². The van der Waals surface area contributed by atoms with Gasteiger partial charge in [-0.2, -0.15) is 0 Å². The van der Waals surface area contributed by atoms with Crippen molar-refractivity contribution >= 4 is 28.1 Å². The molecular weight excluding hydrogens is 230 g/mol. The Hall–Kier alpha value is -1.13. The third-order valence-corrected chi connectivity index (χ3v) is 3.17. The van der Waals surface area contributed by atoms with Gasteiger partial charge >= 0.3 is 0 Å². The van der Waals surface area contributed by atoms with Gasteiger partial charge in [0.2, 0.25) is 0 Å². The highest BCUT2D eigenvalue weighted by Crippen LogP contribution is 2.19. The number of hydrogen-bond donors (Lipinski definition) is 1. The molecule has 2 aromatic rings. The Labute approximate surface area is 97.2 Å². The topological polar surface area (TPSA) is 37.8 Å². The second kappa shape index (κ2) is 4.59. The van der Waals surface area contributed by atoms with Crippen LogP contribution in [0.15, 0.2) is 23.8 Å². The van der Waals surface area contributed by atoms with Crippen molar-refractivity contribution in [2.75, 3.05) is 5.32 Å². The molecule has 0 radical (unpaired) electrons. The maximum absolute atomic E-state index is 5.72. The van der Waals surface area contributed by atoms with E-state index in [0.717, 1.165) is 11.7 Å². The molecule has 0 aromatic carbocycles. The first-order chi connectivity index (χ1) is 7.25. The number of nitrogens with zero attached hydrogens (tertiary/aromatic N) is 2. The van der Waals surface area contributed by atoms with Crippen LogP contribution in [0.25, 0.3) is 0 Å². The smallest absolute Gasteiger partial charge is 0.184 e. The Morgan fingerprint density at radius 2 is 2.40 bits per heavy atom. The van der Waals surface area contributed by atoms with Crippen molar-refractivity contribution in [1.29, 1.82) is 0 Å². The van der Waals surface area contributed by atoms with Crippen molar-refractivity contribution in [3.8, 4) is 0 Å². The SMILES string of the molecule is Cc1cnccc1CNc1nc(Cl)cs1. The van der Waals surface area contributed by atoms with Gasteiger partial charge in [-0.1, -0.05) is 11.6 Å². The zero-order chi connectivity index (χ0) is 10.7. The summed E-state index contributed by atoms with van der Waals surface area (Å²) in [5, 5.41) is 6.41. The summed E-state index contributed by atoms with van der Waals surface area (Å²) in [7, 11) is 0. The highest BCUT2D eigenvalue weighted by Gasteiger charge is 2.00. The molecule has 0 bridgehead atoms. The highest BCUT2D eigenvalue weighted by atomic mass is 35.5. The molecule has 3 nitrogen and oxygen atoms in total. The molecule has 0 aliphatic carbocycles. The van der Waals surface area contributed by atoms with Crippen molar-refractivity contribution < 1.29 is 0 Å². The predicted molar refractivity (Wildman–Crippen MR) is 63.4 cm³/mol. The third kappa shape index (κ3) is 2.67. The van der Waals surface area contributed by atoms with E-state index >= 15 is 0 Å². The van der Waals surface area contributed by atoms with Crippen LogP contribution >= 0.6 is 22.9 Å². The Bertz CT molecular complexity index is 455.